The highest BCUT2D eigenvalue weighted by molar-refractivity contribution is 5.78. The molecule has 1 aliphatic rings. The molecule has 0 heterocycles. The van der Waals surface area contributed by atoms with Crippen molar-refractivity contribution in [3.05, 3.63) is 71.8 Å². The second-order valence-corrected chi connectivity index (χ2v) is 7.47. The maximum atomic E-state index is 12.6. The first-order valence-corrected chi connectivity index (χ1v) is 9.21. The monoisotopic (exact) mass is 366 g/mol. The zero-order valence-corrected chi connectivity index (χ0v) is 16.0. The first-order chi connectivity index (χ1) is 13.0. The average molecular weight is 366 g/mol. The average Bonchev–Trinajstić information content (AvgIpc) is 3.24. The lowest BCUT2D eigenvalue weighted by Crippen LogP contribution is -2.11. The maximum Gasteiger partial charge on any atom is 0.310 e. The van der Waals surface area contributed by atoms with Gasteiger partial charge in [0.2, 0.25) is 0 Å². The number of ether oxygens (including phenoxy) is 2. The van der Waals surface area contributed by atoms with Crippen molar-refractivity contribution < 1.29 is 19.4 Å². The van der Waals surface area contributed by atoms with Crippen LogP contribution in [0, 0.1) is 17.3 Å². The van der Waals surface area contributed by atoms with E-state index in [0.717, 1.165) is 16.9 Å². The number of aliphatic hydroxyl groups is 1. The molecule has 0 saturated heterocycles. The molecule has 2 aromatic carbocycles. The molecule has 3 rings (SSSR count). The Morgan fingerprint density at radius 3 is 2.44 bits per heavy atom. The third kappa shape index (κ3) is 4.22. The quantitative estimate of drug-likeness (QED) is 0.568. The highest BCUT2D eigenvalue weighted by Gasteiger charge is 2.63. The van der Waals surface area contributed by atoms with Crippen molar-refractivity contribution in [2.24, 2.45) is 17.3 Å². The van der Waals surface area contributed by atoms with Crippen molar-refractivity contribution >= 4 is 5.97 Å². The fraction of sp³-hybridized carbons (Fsp3) is 0.348. The number of esters is 1. The van der Waals surface area contributed by atoms with E-state index in [-0.39, 0.29) is 36.4 Å². The number of hydrogen-bond acceptors (Lipinski definition) is 4. The van der Waals surface area contributed by atoms with Gasteiger partial charge >= 0.3 is 5.97 Å². The molecule has 0 spiro atoms. The number of hydrogen-bond donors (Lipinski definition) is 1. The largest absolute Gasteiger partial charge is 0.461 e. The van der Waals surface area contributed by atoms with Crippen LogP contribution in [0.3, 0.4) is 0 Å². The summed E-state index contributed by atoms with van der Waals surface area (Å²) in [6.07, 6.45) is 1.89. The topological polar surface area (TPSA) is 55.8 Å². The van der Waals surface area contributed by atoms with Gasteiger partial charge in [-0.3, -0.25) is 4.79 Å². The molecule has 0 bridgehead atoms. The second kappa shape index (κ2) is 7.97. The molecule has 142 valence electrons. The van der Waals surface area contributed by atoms with Crippen LogP contribution < -0.4 is 4.74 Å². The predicted octanol–water partition coefficient (Wildman–Crippen LogP) is 4.73. The molecule has 1 fully saturated rings. The summed E-state index contributed by atoms with van der Waals surface area (Å²) in [5.41, 5.74) is 1.60. The number of carbonyl (C=O) groups excluding carboxylic acids is 1. The molecule has 4 heteroatoms. The smallest absolute Gasteiger partial charge is 0.310 e. The van der Waals surface area contributed by atoms with Crippen molar-refractivity contribution in [3.8, 4) is 11.5 Å². The molecule has 2 aromatic rings. The molecular formula is C23H26O4. The van der Waals surface area contributed by atoms with Gasteiger partial charge in [0, 0.05) is 5.92 Å². The molecule has 2 unspecified atom stereocenters. The van der Waals surface area contributed by atoms with Gasteiger partial charge in [0.1, 0.15) is 18.1 Å². The minimum atomic E-state index is -0.216. The lowest BCUT2D eigenvalue weighted by atomic mass is 10.0. The zero-order valence-electron chi connectivity index (χ0n) is 16.0. The Labute approximate surface area is 160 Å². The van der Waals surface area contributed by atoms with Crippen molar-refractivity contribution in [1.29, 1.82) is 0 Å². The van der Waals surface area contributed by atoms with Gasteiger partial charge in [-0.2, -0.15) is 0 Å². The third-order valence-electron chi connectivity index (χ3n) is 5.29. The Morgan fingerprint density at radius 2 is 1.78 bits per heavy atom. The van der Waals surface area contributed by atoms with Crippen LogP contribution in [0.5, 0.6) is 11.5 Å². The normalized spacial score (nSPS) is 20.8. The zero-order chi connectivity index (χ0) is 19.4. The Hall–Kier alpha value is -2.59. The molecule has 4 nitrogen and oxygen atoms in total. The minimum Gasteiger partial charge on any atom is -0.461 e. The first kappa shape index (κ1) is 19.2. The van der Waals surface area contributed by atoms with Crippen molar-refractivity contribution in [2.75, 3.05) is 6.61 Å². The molecular weight excluding hydrogens is 340 g/mol. The van der Waals surface area contributed by atoms with Gasteiger partial charge in [-0.1, -0.05) is 50.3 Å². The second-order valence-electron chi connectivity index (χ2n) is 7.47. The van der Waals surface area contributed by atoms with E-state index in [4.69, 9.17) is 9.47 Å². The van der Waals surface area contributed by atoms with Crippen LogP contribution in [-0.2, 0) is 16.1 Å². The van der Waals surface area contributed by atoms with E-state index in [9.17, 15) is 9.90 Å². The maximum absolute atomic E-state index is 12.6. The Bertz CT molecular complexity index is 823. The van der Waals surface area contributed by atoms with Gasteiger partial charge in [-0.15, -0.1) is 0 Å². The van der Waals surface area contributed by atoms with Crippen LogP contribution in [0.2, 0.25) is 0 Å². The minimum absolute atomic E-state index is 0.0206. The Kier molecular flexibility index (Phi) is 5.66. The van der Waals surface area contributed by atoms with E-state index in [1.165, 1.54) is 0 Å². The van der Waals surface area contributed by atoms with Crippen molar-refractivity contribution in [3.63, 3.8) is 0 Å². The first-order valence-electron chi connectivity index (χ1n) is 9.21. The summed E-state index contributed by atoms with van der Waals surface area (Å²) >= 11 is 0. The van der Waals surface area contributed by atoms with Gasteiger partial charge in [0.25, 0.3) is 0 Å². The van der Waals surface area contributed by atoms with E-state index in [1.54, 1.807) is 0 Å². The SMILES string of the molecule is CC=C(CO)C1C(C(=O)OCc2cccc(Oc3ccccc3)c2)C1(C)C. The van der Waals surface area contributed by atoms with Gasteiger partial charge in [-0.25, -0.2) is 0 Å². The van der Waals surface area contributed by atoms with Gasteiger partial charge in [-0.05, 0) is 47.7 Å². The Balaban J connectivity index is 1.60. The van der Waals surface area contributed by atoms with Crippen LogP contribution in [0.4, 0.5) is 0 Å². The summed E-state index contributed by atoms with van der Waals surface area (Å²) in [5.74, 6) is 1.09. The number of aliphatic hydroxyl groups excluding tert-OH is 1. The number of carbonyl (C=O) groups is 1. The highest BCUT2D eigenvalue weighted by atomic mass is 16.5. The number of rotatable bonds is 7. The van der Waals surface area contributed by atoms with Crippen molar-refractivity contribution in [2.45, 2.75) is 27.4 Å². The van der Waals surface area contributed by atoms with Gasteiger partial charge in [0.05, 0.1) is 12.5 Å². The van der Waals surface area contributed by atoms with Crippen LogP contribution >= 0.6 is 0 Å². The molecule has 0 radical (unpaired) electrons. The summed E-state index contributed by atoms with van der Waals surface area (Å²) < 4.78 is 11.4. The predicted molar refractivity (Wildman–Crippen MR) is 104 cm³/mol. The fourth-order valence-electron chi connectivity index (χ4n) is 3.71. The fourth-order valence-corrected chi connectivity index (χ4v) is 3.71. The van der Waals surface area contributed by atoms with E-state index >= 15 is 0 Å². The van der Waals surface area contributed by atoms with Crippen LogP contribution in [0.25, 0.3) is 0 Å². The summed E-state index contributed by atoms with van der Waals surface area (Å²) in [6.45, 7) is 6.15. The van der Waals surface area contributed by atoms with E-state index < -0.39 is 0 Å². The molecule has 1 saturated carbocycles. The van der Waals surface area contributed by atoms with E-state index in [1.807, 2.05) is 81.4 Å². The van der Waals surface area contributed by atoms with Crippen LogP contribution in [0.15, 0.2) is 66.2 Å². The highest BCUT2D eigenvalue weighted by Crippen LogP contribution is 2.62. The molecule has 0 aromatic heterocycles. The van der Waals surface area contributed by atoms with Gasteiger partial charge in [0.15, 0.2) is 0 Å². The summed E-state index contributed by atoms with van der Waals surface area (Å²) in [7, 11) is 0. The number of para-hydroxylation sites is 1. The van der Waals surface area contributed by atoms with E-state index in [0.29, 0.717) is 5.75 Å². The molecule has 0 aliphatic heterocycles. The molecule has 1 N–H and O–H groups in total. The van der Waals surface area contributed by atoms with Crippen molar-refractivity contribution in [1.82, 2.24) is 0 Å². The molecule has 1 aliphatic carbocycles. The summed E-state index contributed by atoms with van der Waals surface area (Å²) in [4.78, 5) is 12.6. The van der Waals surface area contributed by atoms with Gasteiger partial charge < -0.3 is 14.6 Å². The third-order valence-corrected chi connectivity index (χ3v) is 5.29. The lowest BCUT2D eigenvalue weighted by Gasteiger charge is -2.09. The standard InChI is InChI=1S/C23H26O4/c1-4-17(14-24)20-21(23(20,2)3)22(25)26-15-16-9-8-12-19(13-16)27-18-10-6-5-7-11-18/h4-13,20-21,24H,14-15H2,1-3H3. The van der Waals surface area contributed by atoms with Crippen LogP contribution in [-0.4, -0.2) is 17.7 Å². The van der Waals surface area contributed by atoms with E-state index in [2.05, 4.69) is 0 Å². The number of benzene rings is 2. The summed E-state index contributed by atoms with van der Waals surface area (Å²) in [6, 6.07) is 17.1. The lowest BCUT2D eigenvalue weighted by molar-refractivity contribution is -0.147. The molecule has 2 atom stereocenters. The number of allylic oxidation sites excluding steroid dienone is 1. The molecule has 0 amide bonds. The Morgan fingerprint density at radius 1 is 1.07 bits per heavy atom. The van der Waals surface area contributed by atoms with Crippen LogP contribution in [0.1, 0.15) is 26.3 Å². The summed E-state index contributed by atoms with van der Waals surface area (Å²) in [5, 5.41) is 9.49. The molecule has 27 heavy (non-hydrogen) atoms.